The van der Waals surface area contributed by atoms with E-state index in [0.717, 1.165) is 6.42 Å². The molecule has 0 saturated carbocycles. The molecule has 22 heavy (non-hydrogen) atoms. The van der Waals surface area contributed by atoms with E-state index in [-0.39, 0.29) is 6.10 Å². The van der Waals surface area contributed by atoms with E-state index in [1.54, 1.807) is 14.2 Å². The zero-order valence-electron chi connectivity index (χ0n) is 14.4. The Hall–Kier alpha value is -0.900. The molecule has 1 aromatic rings. The predicted molar refractivity (Wildman–Crippen MR) is 90.7 cm³/mol. The van der Waals surface area contributed by atoms with Crippen molar-refractivity contribution in [2.75, 3.05) is 14.2 Å². The zero-order chi connectivity index (χ0) is 16.0. The van der Waals surface area contributed by atoms with E-state index in [4.69, 9.17) is 14.2 Å². The van der Waals surface area contributed by atoms with Crippen LogP contribution in [0.1, 0.15) is 70.0 Å². The maximum absolute atomic E-state index is 5.94. The van der Waals surface area contributed by atoms with Crippen LogP contribution in [-0.2, 0) is 14.2 Å². The smallest absolute Gasteiger partial charge is 0.271 e. The maximum atomic E-state index is 5.94. The molecule has 3 heteroatoms. The number of methoxy groups -OCH3 is 2. The van der Waals surface area contributed by atoms with Crippen molar-refractivity contribution in [1.82, 2.24) is 0 Å². The first-order chi connectivity index (χ1) is 10.8. The highest BCUT2D eigenvalue weighted by atomic mass is 16.8. The third-order valence-corrected chi connectivity index (χ3v) is 3.90. The van der Waals surface area contributed by atoms with E-state index >= 15 is 0 Å². The Kier molecular flexibility index (Phi) is 11.0. The normalized spacial score (nSPS) is 12.7. The van der Waals surface area contributed by atoms with Crippen molar-refractivity contribution in [3.05, 3.63) is 35.9 Å². The quantitative estimate of drug-likeness (QED) is 0.357. The van der Waals surface area contributed by atoms with Gasteiger partial charge in [-0.2, -0.15) is 0 Å². The van der Waals surface area contributed by atoms with Crippen molar-refractivity contribution >= 4 is 0 Å². The number of rotatable bonds is 13. The van der Waals surface area contributed by atoms with Gasteiger partial charge in [-0.15, -0.1) is 0 Å². The van der Waals surface area contributed by atoms with Gasteiger partial charge < -0.3 is 14.2 Å². The molecular formula is C19H32O3. The van der Waals surface area contributed by atoms with E-state index in [9.17, 15) is 0 Å². The molecule has 1 rings (SSSR count). The number of ether oxygens (including phenoxy) is 3. The van der Waals surface area contributed by atoms with Crippen LogP contribution in [0.4, 0.5) is 0 Å². The van der Waals surface area contributed by atoms with Gasteiger partial charge in [-0.25, -0.2) is 0 Å². The third kappa shape index (κ3) is 7.92. The van der Waals surface area contributed by atoms with Gasteiger partial charge in [0.2, 0.25) is 0 Å². The minimum absolute atomic E-state index is 0.0294. The highest BCUT2D eigenvalue weighted by Gasteiger charge is 2.17. The highest BCUT2D eigenvalue weighted by Crippen LogP contribution is 2.26. The second-order valence-corrected chi connectivity index (χ2v) is 5.71. The average molecular weight is 308 g/mol. The molecule has 1 aromatic carbocycles. The molecule has 0 amide bonds. The van der Waals surface area contributed by atoms with Crippen LogP contribution in [0, 0.1) is 0 Å². The lowest BCUT2D eigenvalue weighted by Gasteiger charge is -2.23. The summed E-state index contributed by atoms with van der Waals surface area (Å²) in [5, 5.41) is 0. The third-order valence-electron chi connectivity index (χ3n) is 3.90. The lowest BCUT2D eigenvalue weighted by Crippen LogP contribution is -2.20. The largest absolute Gasteiger partial charge is 0.333 e. The van der Waals surface area contributed by atoms with Crippen LogP contribution in [0.3, 0.4) is 0 Å². The fourth-order valence-corrected chi connectivity index (χ4v) is 2.61. The summed E-state index contributed by atoms with van der Waals surface area (Å²) in [4.78, 5) is 0. The second-order valence-electron chi connectivity index (χ2n) is 5.71. The van der Waals surface area contributed by atoms with E-state index in [0.29, 0.717) is 0 Å². The molecule has 0 radical (unpaired) electrons. The van der Waals surface area contributed by atoms with Gasteiger partial charge in [-0.05, 0) is 12.0 Å². The lowest BCUT2D eigenvalue weighted by molar-refractivity contribution is -0.286. The van der Waals surface area contributed by atoms with Gasteiger partial charge >= 0.3 is 0 Å². The molecule has 0 aromatic heterocycles. The summed E-state index contributed by atoms with van der Waals surface area (Å²) >= 11 is 0. The van der Waals surface area contributed by atoms with Gasteiger partial charge in [-0.1, -0.05) is 82.2 Å². The Morgan fingerprint density at radius 3 is 2.00 bits per heavy atom. The molecule has 0 heterocycles. The van der Waals surface area contributed by atoms with E-state index in [1.807, 2.05) is 18.2 Å². The van der Waals surface area contributed by atoms with Gasteiger partial charge in [0.15, 0.2) is 0 Å². The molecule has 0 fully saturated rings. The SMILES string of the molecule is CCCCCCCCCC(OC(OC)OC)c1ccccc1. The molecular weight excluding hydrogens is 276 g/mol. The molecule has 0 aliphatic carbocycles. The summed E-state index contributed by atoms with van der Waals surface area (Å²) in [6.45, 7) is 1.65. The average Bonchev–Trinajstić information content (AvgIpc) is 2.57. The number of benzene rings is 1. The van der Waals surface area contributed by atoms with Gasteiger partial charge in [0.25, 0.3) is 6.48 Å². The lowest BCUT2D eigenvalue weighted by atomic mass is 10.0. The summed E-state index contributed by atoms with van der Waals surface area (Å²) in [7, 11) is 3.20. The van der Waals surface area contributed by atoms with E-state index < -0.39 is 6.48 Å². The van der Waals surface area contributed by atoms with Crippen LogP contribution in [0.2, 0.25) is 0 Å². The first-order valence-electron chi connectivity index (χ1n) is 8.57. The molecule has 0 saturated heterocycles. The van der Waals surface area contributed by atoms with Gasteiger partial charge in [0.1, 0.15) is 0 Å². The first kappa shape index (κ1) is 19.1. The highest BCUT2D eigenvalue weighted by molar-refractivity contribution is 5.17. The van der Waals surface area contributed by atoms with Crippen molar-refractivity contribution in [2.45, 2.75) is 70.9 Å². The van der Waals surface area contributed by atoms with Crippen LogP contribution in [0.15, 0.2) is 30.3 Å². The molecule has 0 spiro atoms. The summed E-state index contributed by atoms with van der Waals surface area (Å²) in [5.41, 5.74) is 1.19. The van der Waals surface area contributed by atoms with E-state index in [1.165, 1.54) is 50.5 Å². The van der Waals surface area contributed by atoms with Gasteiger partial charge in [-0.3, -0.25) is 0 Å². The van der Waals surface area contributed by atoms with Gasteiger partial charge in [0, 0.05) is 14.2 Å². The van der Waals surface area contributed by atoms with Crippen LogP contribution < -0.4 is 0 Å². The Morgan fingerprint density at radius 1 is 0.818 bits per heavy atom. The van der Waals surface area contributed by atoms with Crippen LogP contribution in [-0.4, -0.2) is 20.7 Å². The van der Waals surface area contributed by atoms with E-state index in [2.05, 4.69) is 19.1 Å². The number of hydrogen-bond acceptors (Lipinski definition) is 3. The fourth-order valence-electron chi connectivity index (χ4n) is 2.61. The monoisotopic (exact) mass is 308 g/mol. The molecule has 0 aliphatic heterocycles. The molecule has 126 valence electrons. The van der Waals surface area contributed by atoms with Crippen molar-refractivity contribution in [3.8, 4) is 0 Å². The molecule has 0 aliphatic rings. The summed E-state index contributed by atoms with van der Waals surface area (Å²) in [6, 6.07) is 10.3. The molecule has 1 unspecified atom stereocenters. The van der Waals surface area contributed by atoms with Crippen molar-refractivity contribution in [1.29, 1.82) is 0 Å². The summed E-state index contributed by atoms with van der Waals surface area (Å²) in [5.74, 6) is 0. The van der Waals surface area contributed by atoms with Crippen LogP contribution >= 0.6 is 0 Å². The van der Waals surface area contributed by atoms with Crippen molar-refractivity contribution < 1.29 is 14.2 Å². The number of unbranched alkanes of at least 4 members (excludes halogenated alkanes) is 6. The predicted octanol–water partition coefficient (Wildman–Crippen LogP) is 5.46. The Bertz CT molecular complexity index is 349. The van der Waals surface area contributed by atoms with Crippen molar-refractivity contribution in [2.24, 2.45) is 0 Å². The second kappa shape index (κ2) is 12.6. The zero-order valence-corrected chi connectivity index (χ0v) is 14.4. The summed E-state index contributed by atoms with van der Waals surface area (Å²) < 4.78 is 16.3. The van der Waals surface area contributed by atoms with Crippen LogP contribution in [0.5, 0.6) is 0 Å². The molecule has 3 nitrogen and oxygen atoms in total. The molecule has 0 N–H and O–H groups in total. The Labute approximate surface area is 136 Å². The number of hydrogen-bond donors (Lipinski definition) is 0. The molecule has 1 atom stereocenters. The first-order valence-corrected chi connectivity index (χ1v) is 8.57. The minimum atomic E-state index is -0.602. The minimum Gasteiger partial charge on any atom is -0.333 e. The Balaban J connectivity index is 2.39. The van der Waals surface area contributed by atoms with Gasteiger partial charge in [0.05, 0.1) is 6.10 Å². The Morgan fingerprint density at radius 2 is 1.41 bits per heavy atom. The maximum Gasteiger partial charge on any atom is 0.271 e. The standard InChI is InChI=1S/C19H32O3/c1-4-5-6-7-8-9-13-16-18(22-19(20-2)21-3)17-14-11-10-12-15-17/h10-12,14-15,18-19H,4-9,13,16H2,1-3H3. The molecule has 0 bridgehead atoms. The fraction of sp³-hybridized carbons (Fsp3) is 0.684. The summed E-state index contributed by atoms with van der Waals surface area (Å²) in [6.07, 6.45) is 10.2. The van der Waals surface area contributed by atoms with Crippen molar-refractivity contribution in [3.63, 3.8) is 0 Å². The topological polar surface area (TPSA) is 27.7 Å². The van der Waals surface area contributed by atoms with Crippen LogP contribution in [0.25, 0.3) is 0 Å².